The lowest BCUT2D eigenvalue weighted by atomic mass is 10.0. The van der Waals surface area contributed by atoms with Crippen LogP contribution < -0.4 is 5.32 Å². The SMILES string of the molecule is CCC(NCc1ncc(Cl)n1C)c1ccccc1. The molecule has 3 nitrogen and oxygen atoms in total. The smallest absolute Gasteiger partial charge is 0.128 e. The Labute approximate surface area is 113 Å². The molecule has 0 aliphatic carbocycles. The zero-order valence-corrected chi connectivity index (χ0v) is 11.5. The maximum absolute atomic E-state index is 5.97. The predicted molar refractivity (Wildman–Crippen MR) is 74.5 cm³/mol. The molecule has 0 saturated carbocycles. The van der Waals surface area contributed by atoms with Gasteiger partial charge in [0.05, 0.1) is 12.7 Å². The molecule has 1 unspecified atom stereocenters. The van der Waals surface area contributed by atoms with Gasteiger partial charge in [0.1, 0.15) is 11.0 Å². The lowest BCUT2D eigenvalue weighted by molar-refractivity contribution is 0.502. The minimum Gasteiger partial charge on any atom is -0.321 e. The Kier molecular flexibility index (Phi) is 4.39. The summed E-state index contributed by atoms with van der Waals surface area (Å²) in [5, 5.41) is 4.18. The lowest BCUT2D eigenvalue weighted by Crippen LogP contribution is -2.22. The molecule has 1 N–H and O–H groups in total. The molecule has 1 heterocycles. The normalized spacial score (nSPS) is 12.6. The largest absolute Gasteiger partial charge is 0.321 e. The van der Waals surface area contributed by atoms with Gasteiger partial charge in [-0.3, -0.25) is 0 Å². The van der Waals surface area contributed by atoms with Crippen LogP contribution in [-0.4, -0.2) is 9.55 Å². The summed E-state index contributed by atoms with van der Waals surface area (Å²) in [5.41, 5.74) is 1.31. The summed E-state index contributed by atoms with van der Waals surface area (Å²) in [4.78, 5) is 4.28. The number of benzene rings is 1. The molecule has 0 amide bonds. The first kappa shape index (κ1) is 13.1. The molecule has 0 radical (unpaired) electrons. The lowest BCUT2D eigenvalue weighted by Gasteiger charge is -2.17. The van der Waals surface area contributed by atoms with Gasteiger partial charge in [0.2, 0.25) is 0 Å². The molecule has 2 rings (SSSR count). The highest BCUT2D eigenvalue weighted by molar-refractivity contribution is 6.29. The van der Waals surface area contributed by atoms with Crippen LogP contribution in [0.2, 0.25) is 5.15 Å². The first-order valence-corrected chi connectivity index (χ1v) is 6.54. The number of imidazole rings is 1. The van der Waals surface area contributed by atoms with E-state index in [2.05, 4.69) is 41.5 Å². The number of hydrogen-bond acceptors (Lipinski definition) is 2. The number of nitrogens with one attached hydrogen (secondary N) is 1. The summed E-state index contributed by atoms with van der Waals surface area (Å²) < 4.78 is 1.90. The van der Waals surface area contributed by atoms with Gasteiger partial charge in [0.15, 0.2) is 0 Å². The average Bonchev–Trinajstić information content (AvgIpc) is 2.72. The van der Waals surface area contributed by atoms with Crippen LogP contribution in [-0.2, 0) is 13.6 Å². The molecule has 0 spiro atoms. The Morgan fingerprint density at radius 2 is 2.06 bits per heavy atom. The van der Waals surface area contributed by atoms with E-state index in [4.69, 9.17) is 11.6 Å². The van der Waals surface area contributed by atoms with Crippen molar-refractivity contribution in [2.45, 2.75) is 25.9 Å². The standard InChI is InChI=1S/C14H18ClN3/c1-3-12(11-7-5-4-6-8-11)16-10-14-17-9-13(15)18(14)2/h4-9,12,16H,3,10H2,1-2H3. The van der Waals surface area contributed by atoms with Gasteiger partial charge in [-0.25, -0.2) is 4.98 Å². The number of nitrogens with zero attached hydrogens (tertiary/aromatic N) is 2. The third kappa shape index (κ3) is 2.92. The predicted octanol–water partition coefficient (Wildman–Crippen LogP) is 3.31. The van der Waals surface area contributed by atoms with Crippen molar-refractivity contribution < 1.29 is 0 Å². The fourth-order valence-corrected chi connectivity index (χ4v) is 2.13. The van der Waals surface area contributed by atoms with Crippen molar-refractivity contribution in [2.75, 3.05) is 0 Å². The van der Waals surface area contributed by atoms with Crippen molar-refractivity contribution in [1.82, 2.24) is 14.9 Å². The van der Waals surface area contributed by atoms with E-state index in [1.165, 1.54) is 5.56 Å². The molecule has 18 heavy (non-hydrogen) atoms. The van der Waals surface area contributed by atoms with Gasteiger partial charge in [-0.1, -0.05) is 48.9 Å². The van der Waals surface area contributed by atoms with E-state index in [9.17, 15) is 0 Å². The second-order valence-corrected chi connectivity index (χ2v) is 4.70. The summed E-state index contributed by atoms with van der Waals surface area (Å²) >= 11 is 5.97. The van der Waals surface area contributed by atoms with Crippen molar-refractivity contribution >= 4 is 11.6 Å². The summed E-state index contributed by atoms with van der Waals surface area (Å²) in [6.45, 7) is 2.90. The third-order valence-corrected chi connectivity index (χ3v) is 3.50. The van der Waals surface area contributed by atoms with Crippen LogP contribution in [0.25, 0.3) is 0 Å². The summed E-state index contributed by atoms with van der Waals surface area (Å²) in [5.74, 6) is 0.953. The van der Waals surface area contributed by atoms with E-state index in [1.54, 1.807) is 6.20 Å². The molecule has 1 atom stereocenters. The monoisotopic (exact) mass is 263 g/mol. The second-order valence-electron chi connectivity index (χ2n) is 4.31. The van der Waals surface area contributed by atoms with Crippen molar-refractivity contribution in [3.05, 3.63) is 53.1 Å². The molecule has 0 aliphatic heterocycles. The first-order chi connectivity index (χ1) is 8.72. The van der Waals surface area contributed by atoms with Crippen molar-refractivity contribution in [3.8, 4) is 0 Å². The summed E-state index contributed by atoms with van der Waals surface area (Å²) in [6.07, 6.45) is 2.73. The number of hydrogen-bond donors (Lipinski definition) is 1. The third-order valence-electron chi connectivity index (χ3n) is 3.14. The van der Waals surface area contributed by atoms with Crippen LogP contribution in [0.4, 0.5) is 0 Å². The van der Waals surface area contributed by atoms with Crippen LogP contribution >= 0.6 is 11.6 Å². The molecule has 0 saturated heterocycles. The molecule has 0 fully saturated rings. The van der Waals surface area contributed by atoms with Crippen LogP contribution in [0.5, 0.6) is 0 Å². The minimum atomic E-state index is 0.349. The minimum absolute atomic E-state index is 0.349. The number of rotatable bonds is 5. The fourth-order valence-electron chi connectivity index (χ4n) is 1.99. The molecular formula is C14H18ClN3. The highest BCUT2D eigenvalue weighted by Crippen LogP contribution is 2.17. The van der Waals surface area contributed by atoms with Crippen molar-refractivity contribution in [2.24, 2.45) is 7.05 Å². The van der Waals surface area contributed by atoms with E-state index in [0.717, 1.165) is 18.8 Å². The highest BCUT2D eigenvalue weighted by Gasteiger charge is 2.10. The molecule has 1 aromatic carbocycles. The number of halogens is 1. The zero-order chi connectivity index (χ0) is 13.0. The topological polar surface area (TPSA) is 29.9 Å². The Morgan fingerprint density at radius 3 is 2.61 bits per heavy atom. The van der Waals surface area contributed by atoms with Gasteiger partial charge < -0.3 is 9.88 Å². The van der Waals surface area contributed by atoms with Crippen molar-refractivity contribution in [1.29, 1.82) is 0 Å². The Morgan fingerprint density at radius 1 is 1.33 bits per heavy atom. The second kappa shape index (κ2) is 6.03. The van der Waals surface area contributed by atoms with Crippen LogP contribution in [0.3, 0.4) is 0 Å². The van der Waals surface area contributed by atoms with E-state index in [-0.39, 0.29) is 0 Å². The Hall–Kier alpha value is -1.32. The van der Waals surface area contributed by atoms with Crippen LogP contribution in [0.15, 0.2) is 36.5 Å². The average molecular weight is 264 g/mol. The van der Waals surface area contributed by atoms with Crippen LogP contribution in [0.1, 0.15) is 30.8 Å². The molecule has 2 aromatic rings. The fraction of sp³-hybridized carbons (Fsp3) is 0.357. The van der Waals surface area contributed by atoms with Crippen LogP contribution in [0, 0.1) is 0 Å². The molecule has 96 valence electrons. The molecule has 4 heteroatoms. The van der Waals surface area contributed by atoms with Gasteiger partial charge in [-0.15, -0.1) is 0 Å². The quantitative estimate of drug-likeness (QED) is 0.897. The van der Waals surface area contributed by atoms with E-state index < -0.39 is 0 Å². The maximum Gasteiger partial charge on any atom is 0.128 e. The summed E-state index contributed by atoms with van der Waals surface area (Å²) in [7, 11) is 1.93. The van der Waals surface area contributed by atoms with Gasteiger partial charge in [-0.05, 0) is 12.0 Å². The van der Waals surface area contributed by atoms with Gasteiger partial charge in [0.25, 0.3) is 0 Å². The maximum atomic E-state index is 5.97. The zero-order valence-electron chi connectivity index (χ0n) is 10.7. The molecular weight excluding hydrogens is 246 g/mol. The van der Waals surface area contributed by atoms with Gasteiger partial charge in [-0.2, -0.15) is 0 Å². The molecule has 0 bridgehead atoms. The van der Waals surface area contributed by atoms with E-state index >= 15 is 0 Å². The van der Waals surface area contributed by atoms with E-state index in [0.29, 0.717) is 11.2 Å². The number of aromatic nitrogens is 2. The molecule has 0 aliphatic rings. The van der Waals surface area contributed by atoms with Gasteiger partial charge in [0, 0.05) is 13.1 Å². The first-order valence-electron chi connectivity index (χ1n) is 6.16. The van der Waals surface area contributed by atoms with Crippen molar-refractivity contribution in [3.63, 3.8) is 0 Å². The van der Waals surface area contributed by atoms with E-state index in [1.807, 2.05) is 17.7 Å². The highest BCUT2D eigenvalue weighted by atomic mass is 35.5. The molecule has 1 aromatic heterocycles. The van der Waals surface area contributed by atoms with Gasteiger partial charge >= 0.3 is 0 Å². The Bertz CT molecular complexity index is 493. The Balaban J connectivity index is 2.02. The summed E-state index contributed by atoms with van der Waals surface area (Å²) in [6, 6.07) is 10.8.